The first-order valence-corrected chi connectivity index (χ1v) is 9.37. The predicted molar refractivity (Wildman–Crippen MR) is 121 cm³/mol. The standard InChI is InChI=1S/C20H32N4O2.HI/c1-14(2)10-22-20(21-5)23-11-17-6-8-18(9-7-17)19(25)24-12-15(3)26-16(4)13-24;/h6-9,14-16H,10-13H2,1-5H3,(H2,21,22,23);1H. The van der Waals surface area contributed by atoms with Crippen LogP contribution in [0.25, 0.3) is 0 Å². The first-order chi connectivity index (χ1) is 12.4. The van der Waals surface area contributed by atoms with Crippen molar-refractivity contribution in [1.29, 1.82) is 0 Å². The summed E-state index contributed by atoms with van der Waals surface area (Å²) in [5.74, 6) is 1.42. The zero-order valence-electron chi connectivity index (χ0n) is 17.0. The van der Waals surface area contributed by atoms with Crippen LogP contribution in [0.3, 0.4) is 0 Å². The lowest BCUT2D eigenvalue weighted by Gasteiger charge is -2.35. The number of amides is 1. The molecular weight excluding hydrogens is 455 g/mol. The van der Waals surface area contributed by atoms with E-state index < -0.39 is 0 Å². The molecule has 0 radical (unpaired) electrons. The Balaban J connectivity index is 0.00000364. The van der Waals surface area contributed by atoms with Gasteiger partial charge in [0.15, 0.2) is 5.96 Å². The normalized spacial score (nSPS) is 20.2. The molecular formula is C20H33IN4O2. The molecule has 1 aliphatic rings. The number of hydrogen-bond acceptors (Lipinski definition) is 3. The van der Waals surface area contributed by atoms with Crippen molar-refractivity contribution in [3.63, 3.8) is 0 Å². The van der Waals surface area contributed by atoms with Crippen LogP contribution in [-0.2, 0) is 11.3 Å². The van der Waals surface area contributed by atoms with Crippen LogP contribution < -0.4 is 10.6 Å². The van der Waals surface area contributed by atoms with Crippen LogP contribution in [0.5, 0.6) is 0 Å². The van der Waals surface area contributed by atoms with Crippen molar-refractivity contribution in [2.24, 2.45) is 10.9 Å². The van der Waals surface area contributed by atoms with E-state index in [1.54, 1.807) is 7.05 Å². The molecule has 27 heavy (non-hydrogen) atoms. The van der Waals surface area contributed by atoms with E-state index in [4.69, 9.17) is 4.74 Å². The second-order valence-corrected chi connectivity index (χ2v) is 7.36. The van der Waals surface area contributed by atoms with Gasteiger partial charge in [0.2, 0.25) is 0 Å². The van der Waals surface area contributed by atoms with Gasteiger partial charge in [-0.25, -0.2) is 0 Å². The van der Waals surface area contributed by atoms with Crippen molar-refractivity contribution < 1.29 is 9.53 Å². The van der Waals surface area contributed by atoms with E-state index >= 15 is 0 Å². The Morgan fingerprint density at radius 1 is 1.19 bits per heavy atom. The number of ether oxygens (including phenoxy) is 1. The van der Waals surface area contributed by atoms with Crippen LogP contribution in [0.2, 0.25) is 0 Å². The van der Waals surface area contributed by atoms with Gasteiger partial charge in [-0.15, -0.1) is 24.0 Å². The fourth-order valence-corrected chi connectivity index (χ4v) is 3.00. The average Bonchev–Trinajstić information content (AvgIpc) is 2.60. The maximum Gasteiger partial charge on any atom is 0.254 e. The molecule has 7 heteroatoms. The smallest absolute Gasteiger partial charge is 0.254 e. The topological polar surface area (TPSA) is 66.0 Å². The molecule has 2 N–H and O–H groups in total. The van der Waals surface area contributed by atoms with E-state index in [-0.39, 0.29) is 42.1 Å². The number of halogens is 1. The minimum atomic E-state index is 0. The Labute approximate surface area is 180 Å². The quantitative estimate of drug-likeness (QED) is 0.380. The second kappa shape index (κ2) is 11.5. The largest absolute Gasteiger partial charge is 0.372 e. The molecule has 0 bridgehead atoms. The highest BCUT2D eigenvalue weighted by Gasteiger charge is 2.26. The molecule has 1 saturated heterocycles. The number of nitrogens with zero attached hydrogens (tertiary/aromatic N) is 2. The van der Waals surface area contributed by atoms with Crippen molar-refractivity contribution in [3.8, 4) is 0 Å². The van der Waals surface area contributed by atoms with Gasteiger partial charge in [-0.05, 0) is 37.5 Å². The van der Waals surface area contributed by atoms with E-state index in [0.29, 0.717) is 25.6 Å². The summed E-state index contributed by atoms with van der Waals surface area (Å²) in [6.07, 6.45) is 0.160. The van der Waals surface area contributed by atoms with Crippen LogP contribution in [-0.4, -0.2) is 55.7 Å². The molecule has 0 aliphatic carbocycles. The van der Waals surface area contributed by atoms with E-state index in [2.05, 4.69) is 29.5 Å². The number of hydrogen-bond donors (Lipinski definition) is 2. The van der Waals surface area contributed by atoms with E-state index in [0.717, 1.165) is 23.6 Å². The summed E-state index contributed by atoms with van der Waals surface area (Å²) in [5, 5.41) is 6.58. The van der Waals surface area contributed by atoms with Crippen LogP contribution in [0.1, 0.15) is 43.6 Å². The Hall–Kier alpha value is -1.35. The monoisotopic (exact) mass is 488 g/mol. The number of carbonyl (C=O) groups is 1. The van der Waals surface area contributed by atoms with Crippen LogP contribution in [0.4, 0.5) is 0 Å². The van der Waals surface area contributed by atoms with Crippen molar-refractivity contribution in [2.45, 2.75) is 46.4 Å². The molecule has 1 amide bonds. The fraction of sp³-hybridized carbons (Fsp3) is 0.600. The summed E-state index contributed by atoms with van der Waals surface area (Å²) in [4.78, 5) is 18.8. The van der Waals surface area contributed by atoms with Gasteiger partial charge in [0.1, 0.15) is 0 Å². The first-order valence-electron chi connectivity index (χ1n) is 9.37. The Kier molecular flexibility index (Phi) is 10.1. The zero-order valence-corrected chi connectivity index (χ0v) is 19.3. The fourth-order valence-electron chi connectivity index (χ4n) is 3.00. The molecule has 1 fully saturated rings. The van der Waals surface area contributed by atoms with Crippen LogP contribution in [0, 0.1) is 5.92 Å². The molecule has 1 aromatic carbocycles. The third-order valence-electron chi connectivity index (χ3n) is 4.27. The van der Waals surface area contributed by atoms with E-state index in [1.165, 1.54) is 0 Å². The molecule has 152 valence electrons. The summed E-state index contributed by atoms with van der Waals surface area (Å²) in [7, 11) is 1.77. The summed E-state index contributed by atoms with van der Waals surface area (Å²) in [5.41, 5.74) is 1.83. The van der Waals surface area contributed by atoms with Gasteiger partial charge < -0.3 is 20.3 Å². The average molecular weight is 488 g/mol. The number of benzene rings is 1. The molecule has 2 atom stereocenters. The molecule has 2 rings (SSSR count). The van der Waals surface area contributed by atoms with Gasteiger partial charge in [0.25, 0.3) is 5.91 Å². The lowest BCUT2D eigenvalue weighted by Crippen LogP contribution is -2.48. The molecule has 0 aromatic heterocycles. The van der Waals surface area contributed by atoms with Crippen LogP contribution >= 0.6 is 24.0 Å². The molecule has 1 heterocycles. The molecule has 1 aliphatic heterocycles. The Morgan fingerprint density at radius 2 is 1.78 bits per heavy atom. The number of aliphatic imine (C=N–C) groups is 1. The highest BCUT2D eigenvalue weighted by atomic mass is 127. The minimum Gasteiger partial charge on any atom is -0.372 e. The maximum atomic E-state index is 12.7. The predicted octanol–water partition coefficient (Wildman–Crippen LogP) is 2.88. The van der Waals surface area contributed by atoms with Crippen molar-refractivity contribution in [2.75, 3.05) is 26.7 Å². The Bertz CT molecular complexity index is 609. The highest BCUT2D eigenvalue weighted by Crippen LogP contribution is 2.15. The molecule has 6 nitrogen and oxygen atoms in total. The highest BCUT2D eigenvalue weighted by molar-refractivity contribution is 14.0. The first kappa shape index (κ1) is 23.7. The molecule has 0 saturated carbocycles. The number of carbonyl (C=O) groups excluding carboxylic acids is 1. The number of morpholine rings is 1. The summed E-state index contributed by atoms with van der Waals surface area (Å²) < 4.78 is 5.70. The molecule has 1 aromatic rings. The third kappa shape index (κ3) is 7.65. The lowest BCUT2D eigenvalue weighted by molar-refractivity contribution is -0.0586. The molecule has 2 unspecified atom stereocenters. The summed E-state index contributed by atoms with van der Waals surface area (Å²) in [6, 6.07) is 7.77. The van der Waals surface area contributed by atoms with Gasteiger partial charge in [-0.3, -0.25) is 9.79 Å². The Morgan fingerprint density at radius 3 is 2.30 bits per heavy atom. The number of rotatable bonds is 5. The van der Waals surface area contributed by atoms with E-state index in [9.17, 15) is 4.79 Å². The van der Waals surface area contributed by atoms with Gasteiger partial charge in [0, 0.05) is 38.8 Å². The second-order valence-electron chi connectivity index (χ2n) is 7.36. The molecule has 0 spiro atoms. The van der Waals surface area contributed by atoms with Gasteiger partial charge in [0.05, 0.1) is 12.2 Å². The SMILES string of the molecule is CN=C(NCc1ccc(C(=O)N2CC(C)OC(C)C2)cc1)NCC(C)C.I. The number of guanidine groups is 1. The van der Waals surface area contributed by atoms with Crippen molar-refractivity contribution in [3.05, 3.63) is 35.4 Å². The van der Waals surface area contributed by atoms with Gasteiger partial charge >= 0.3 is 0 Å². The third-order valence-corrected chi connectivity index (χ3v) is 4.27. The van der Waals surface area contributed by atoms with E-state index in [1.807, 2.05) is 43.0 Å². The van der Waals surface area contributed by atoms with Gasteiger partial charge in [-0.2, -0.15) is 0 Å². The van der Waals surface area contributed by atoms with Gasteiger partial charge in [-0.1, -0.05) is 26.0 Å². The van der Waals surface area contributed by atoms with Crippen molar-refractivity contribution >= 4 is 35.8 Å². The minimum absolute atomic E-state index is 0. The number of nitrogens with one attached hydrogen (secondary N) is 2. The summed E-state index contributed by atoms with van der Waals surface area (Å²) >= 11 is 0. The zero-order chi connectivity index (χ0) is 19.1. The summed E-state index contributed by atoms with van der Waals surface area (Å²) in [6.45, 7) is 11.2. The lowest BCUT2D eigenvalue weighted by atomic mass is 10.1. The van der Waals surface area contributed by atoms with Crippen molar-refractivity contribution in [1.82, 2.24) is 15.5 Å². The maximum absolute atomic E-state index is 12.7. The van der Waals surface area contributed by atoms with Crippen LogP contribution in [0.15, 0.2) is 29.3 Å².